The number of hydrogen-bond acceptors (Lipinski definition) is 7. The van der Waals surface area contributed by atoms with Crippen molar-refractivity contribution in [2.24, 2.45) is 17.8 Å². The highest BCUT2D eigenvalue weighted by Gasteiger charge is 2.27. The van der Waals surface area contributed by atoms with Gasteiger partial charge in [-0.05, 0) is 113 Å². The van der Waals surface area contributed by atoms with Gasteiger partial charge in [-0.1, -0.05) is 42.5 Å². The standard InChI is InChI=1S/C33H47N5O6S.2ClH/c39-31(23-37-32(40)28(8-6-24-14-18-34-19-15-24)9-7-25-16-20-35-21-17-25)36-22-30(33(41)42)38-45(43,44)29-12-10-27(11-13-29)26-4-2-1-3-5-26;;/h1-5,10-13,24-25,28,30,34-35,38H,6-9,14-23H2,(H,36,39)(H,37,40)(H,41,42);2*1H. The van der Waals surface area contributed by atoms with E-state index in [0.717, 1.165) is 88.7 Å². The van der Waals surface area contributed by atoms with Crippen molar-refractivity contribution in [3.05, 3.63) is 54.6 Å². The Kier molecular flexibility index (Phi) is 17.7. The van der Waals surface area contributed by atoms with Crippen molar-refractivity contribution >= 4 is 52.6 Å². The normalized spacial score (nSPS) is 16.4. The summed E-state index contributed by atoms with van der Waals surface area (Å²) in [6.45, 7) is 3.24. The van der Waals surface area contributed by atoms with Gasteiger partial charge >= 0.3 is 5.97 Å². The Morgan fingerprint density at radius 3 is 1.79 bits per heavy atom. The molecule has 2 heterocycles. The molecule has 2 aliphatic heterocycles. The van der Waals surface area contributed by atoms with Crippen LogP contribution in [0.25, 0.3) is 11.1 Å². The fourth-order valence-corrected chi connectivity index (χ4v) is 7.29. The molecule has 6 N–H and O–H groups in total. The van der Waals surface area contributed by atoms with Crippen molar-refractivity contribution in [3.63, 3.8) is 0 Å². The van der Waals surface area contributed by atoms with Gasteiger partial charge in [0.2, 0.25) is 21.8 Å². The second-order valence-electron chi connectivity index (χ2n) is 12.2. The molecule has 1 unspecified atom stereocenters. The zero-order valence-electron chi connectivity index (χ0n) is 26.6. The van der Waals surface area contributed by atoms with Crippen LogP contribution < -0.4 is 26.0 Å². The van der Waals surface area contributed by atoms with Gasteiger partial charge < -0.3 is 26.4 Å². The third-order valence-electron chi connectivity index (χ3n) is 8.93. The number of carboxylic acid groups (broad SMARTS) is 1. The number of benzene rings is 2. The maximum Gasteiger partial charge on any atom is 0.323 e. The van der Waals surface area contributed by atoms with E-state index in [1.54, 1.807) is 12.1 Å². The highest BCUT2D eigenvalue weighted by Crippen LogP contribution is 2.27. The quantitative estimate of drug-likeness (QED) is 0.154. The Hall–Kier alpha value is -2.74. The van der Waals surface area contributed by atoms with Gasteiger partial charge in [0, 0.05) is 12.5 Å². The zero-order valence-corrected chi connectivity index (χ0v) is 29.1. The summed E-state index contributed by atoms with van der Waals surface area (Å²) in [6, 6.07) is 14.0. The molecule has 2 aliphatic rings. The number of nitrogens with one attached hydrogen (secondary N) is 5. The van der Waals surface area contributed by atoms with Gasteiger partial charge in [0.05, 0.1) is 11.4 Å². The van der Waals surface area contributed by atoms with E-state index >= 15 is 0 Å². The Balaban J connectivity index is 0.00000384. The second-order valence-corrected chi connectivity index (χ2v) is 13.9. The van der Waals surface area contributed by atoms with Crippen LogP contribution in [0.15, 0.2) is 59.5 Å². The summed E-state index contributed by atoms with van der Waals surface area (Å²) in [5.74, 6) is -1.17. The molecule has 0 aromatic heterocycles. The monoisotopic (exact) mass is 713 g/mol. The van der Waals surface area contributed by atoms with Crippen LogP contribution in [0, 0.1) is 17.8 Å². The average Bonchev–Trinajstić information content (AvgIpc) is 3.06. The first kappa shape index (κ1) is 40.4. The van der Waals surface area contributed by atoms with Crippen LogP contribution in [0.5, 0.6) is 0 Å². The molecule has 2 amide bonds. The van der Waals surface area contributed by atoms with Crippen LogP contribution in [0.4, 0.5) is 0 Å². The van der Waals surface area contributed by atoms with Gasteiger partial charge in [-0.3, -0.25) is 14.4 Å². The topological polar surface area (TPSA) is 166 Å². The summed E-state index contributed by atoms with van der Waals surface area (Å²) in [4.78, 5) is 37.6. The van der Waals surface area contributed by atoms with E-state index in [-0.39, 0.29) is 48.1 Å². The molecule has 262 valence electrons. The highest BCUT2D eigenvalue weighted by molar-refractivity contribution is 7.89. The molecule has 2 aromatic carbocycles. The van der Waals surface area contributed by atoms with E-state index in [4.69, 9.17) is 0 Å². The molecule has 0 spiro atoms. The molecule has 0 aliphatic carbocycles. The summed E-state index contributed by atoms with van der Waals surface area (Å²) in [5.41, 5.74) is 1.74. The molecular formula is C33H49Cl2N5O6S. The van der Waals surface area contributed by atoms with Gasteiger partial charge in [0.1, 0.15) is 6.04 Å². The number of amides is 2. The maximum atomic E-state index is 13.2. The maximum absolute atomic E-state index is 13.2. The SMILES string of the molecule is Cl.Cl.O=C(CNC(=O)C(CCC1CCNCC1)CCC1CCNCC1)NCC(NS(=O)(=O)c1ccc(-c2ccccc2)cc1)C(=O)O. The number of hydrogen-bond donors (Lipinski definition) is 6. The van der Waals surface area contributed by atoms with E-state index in [1.165, 1.54) is 12.1 Å². The average molecular weight is 715 g/mol. The van der Waals surface area contributed by atoms with Gasteiger partial charge in [-0.2, -0.15) is 4.72 Å². The molecule has 4 rings (SSSR count). The fourth-order valence-electron chi connectivity index (χ4n) is 6.10. The Labute approximate surface area is 290 Å². The minimum Gasteiger partial charge on any atom is -0.480 e. The molecule has 1 atom stereocenters. The van der Waals surface area contributed by atoms with Crippen LogP contribution in [-0.4, -0.2) is 76.6 Å². The third kappa shape index (κ3) is 13.4. The van der Waals surface area contributed by atoms with Crippen molar-refractivity contribution < 1.29 is 27.9 Å². The Bertz CT molecular complexity index is 1330. The summed E-state index contributed by atoms with van der Waals surface area (Å²) in [6.07, 6.45) is 7.95. The van der Waals surface area contributed by atoms with Crippen LogP contribution in [0.2, 0.25) is 0 Å². The number of aliphatic carboxylic acids is 1. The predicted octanol–water partition coefficient (Wildman–Crippen LogP) is 3.34. The molecule has 11 nitrogen and oxygen atoms in total. The summed E-state index contributed by atoms with van der Waals surface area (Å²) in [5, 5.41) is 21.6. The number of carbonyl (C=O) groups is 3. The first-order valence-corrected chi connectivity index (χ1v) is 17.6. The van der Waals surface area contributed by atoms with Gasteiger partial charge in [0.25, 0.3) is 0 Å². The third-order valence-corrected chi connectivity index (χ3v) is 10.4. The predicted molar refractivity (Wildman–Crippen MR) is 187 cm³/mol. The largest absolute Gasteiger partial charge is 0.480 e. The molecule has 0 radical (unpaired) electrons. The number of halogens is 2. The van der Waals surface area contributed by atoms with Crippen molar-refractivity contribution in [1.82, 2.24) is 26.0 Å². The Morgan fingerprint density at radius 1 is 0.766 bits per heavy atom. The lowest BCUT2D eigenvalue weighted by molar-refractivity contribution is -0.139. The molecule has 2 fully saturated rings. The number of carbonyl (C=O) groups excluding carboxylic acids is 2. The van der Waals surface area contributed by atoms with Crippen LogP contribution in [-0.2, 0) is 24.4 Å². The molecular weight excluding hydrogens is 665 g/mol. The van der Waals surface area contributed by atoms with E-state index < -0.39 is 34.5 Å². The summed E-state index contributed by atoms with van der Waals surface area (Å²) >= 11 is 0. The first-order chi connectivity index (χ1) is 21.7. The molecule has 14 heteroatoms. The molecule has 2 saturated heterocycles. The number of carboxylic acids is 1. The minimum atomic E-state index is -4.18. The van der Waals surface area contributed by atoms with Gasteiger partial charge in [-0.15, -0.1) is 24.8 Å². The van der Waals surface area contributed by atoms with E-state index in [0.29, 0.717) is 11.8 Å². The van der Waals surface area contributed by atoms with E-state index in [2.05, 4.69) is 26.0 Å². The fraction of sp³-hybridized carbons (Fsp3) is 0.545. The molecule has 47 heavy (non-hydrogen) atoms. The van der Waals surface area contributed by atoms with Crippen LogP contribution >= 0.6 is 24.8 Å². The van der Waals surface area contributed by atoms with Crippen molar-refractivity contribution in [2.45, 2.75) is 62.3 Å². The number of sulfonamides is 1. The lowest BCUT2D eigenvalue weighted by Gasteiger charge is -2.27. The lowest BCUT2D eigenvalue weighted by Crippen LogP contribution is -2.50. The lowest BCUT2D eigenvalue weighted by atomic mass is 9.84. The number of piperidine rings is 2. The summed E-state index contributed by atoms with van der Waals surface area (Å²) < 4.78 is 28.0. The highest BCUT2D eigenvalue weighted by atomic mass is 35.5. The smallest absolute Gasteiger partial charge is 0.323 e. The van der Waals surface area contributed by atoms with E-state index in [1.807, 2.05) is 30.3 Å². The van der Waals surface area contributed by atoms with Crippen molar-refractivity contribution in [1.29, 1.82) is 0 Å². The van der Waals surface area contributed by atoms with Gasteiger partial charge in [-0.25, -0.2) is 8.42 Å². The van der Waals surface area contributed by atoms with Crippen LogP contribution in [0.3, 0.4) is 0 Å². The van der Waals surface area contributed by atoms with Crippen molar-refractivity contribution in [3.8, 4) is 11.1 Å². The van der Waals surface area contributed by atoms with E-state index in [9.17, 15) is 27.9 Å². The molecule has 0 saturated carbocycles. The summed E-state index contributed by atoms with van der Waals surface area (Å²) in [7, 11) is -4.18. The van der Waals surface area contributed by atoms with Crippen molar-refractivity contribution in [2.75, 3.05) is 39.3 Å². The molecule has 2 aromatic rings. The Morgan fingerprint density at radius 2 is 1.28 bits per heavy atom. The zero-order chi connectivity index (χ0) is 32.1. The van der Waals surface area contributed by atoms with Crippen LogP contribution in [0.1, 0.15) is 51.4 Å². The second kappa shape index (κ2) is 20.6. The first-order valence-electron chi connectivity index (χ1n) is 16.1. The number of rotatable bonds is 16. The minimum absolute atomic E-state index is 0. The van der Waals surface area contributed by atoms with Gasteiger partial charge in [0.15, 0.2) is 0 Å². The molecule has 0 bridgehead atoms.